The van der Waals surface area contributed by atoms with Gasteiger partial charge in [0.1, 0.15) is 0 Å². The van der Waals surface area contributed by atoms with E-state index in [0.29, 0.717) is 39.2 Å². The molecule has 0 bridgehead atoms. The minimum absolute atomic E-state index is 0.310. The van der Waals surface area contributed by atoms with E-state index in [1.54, 1.807) is 39.8 Å². The Balaban J connectivity index is 1.40. The number of carbonyl (C=O) groups is 1. The van der Waals surface area contributed by atoms with Gasteiger partial charge in [-0.1, -0.05) is 27.5 Å². The molecule has 0 aliphatic heterocycles. The Kier molecular flexibility index (Phi) is 5.48. The zero-order chi connectivity index (χ0) is 22.9. The third kappa shape index (κ3) is 4.15. The lowest BCUT2D eigenvalue weighted by molar-refractivity contribution is 0.102. The van der Waals surface area contributed by atoms with E-state index in [1.807, 2.05) is 31.2 Å². The maximum atomic E-state index is 12.9. The van der Waals surface area contributed by atoms with Crippen LogP contribution in [0.2, 0.25) is 5.02 Å². The number of rotatable bonds is 5. The number of anilines is 1. The Hall–Kier alpha value is -3.83. The van der Waals surface area contributed by atoms with Gasteiger partial charge in [-0.05, 0) is 54.6 Å². The zero-order valence-electron chi connectivity index (χ0n) is 17.1. The normalized spacial score (nSPS) is 11.0. The number of nitrogens with zero attached hydrogens (tertiary/aromatic N) is 7. The molecule has 3 aromatic heterocycles. The lowest BCUT2D eigenvalue weighted by atomic mass is 10.1. The first-order valence-electron chi connectivity index (χ1n) is 9.71. The van der Waals surface area contributed by atoms with Gasteiger partial charge in [0.25, 0.3) is 5.91 Å². The van der Waals surface area contributed by atoms with Crippen LogP contribution in [-0.2, 0) is 0 Å². The van der Waals surface area contributed by atoms with Crippen molar-refractivity contribution in [2.45, 2.75) is 6.92 Å². The summed E-state index contributed by atoms with van der Waals surface area (Å²) in [5.74, 6) is 0.449. The van der Waals surface area contributed by atoms with E-state index < -0.39 is 0 Å². The summed E-state index contributed by atoms with van der Waals surface area (Å²) < 4.78 is 4.29. The molecule has 1 amide bonds. The Labute approximate surface area is 200 Å². The molecule has 0 aliphatic carbocycles. The fraction of sp³-hybridized carbons (Fsp3) is 0.0476. The Morgan fingerprint density at radius 3 is 2.73 bits per heavy atom. The van der Waals surface area contributed by atoms with Crippen LogP contribution in [0.3, 0.4) is 0 Å². The number of hydrogen-bond donors (Lipinski definition) is 2. The number of benzene rings is 2. The smallest absolute Gasteiger partial charge is 0.260 e. The fourth-order valence-electron chi connectivity index (χ4n) is 3.35. The van der Waals surface area contributed by atoms with E-state index in [9.17, 15) is 4.79 Å². The summed E-state index contributed by atoms with van der Waals surface area (Å²) in [5.41, 5.74) is 3.35. The summed E-state index contributed by atoms with van der Waals surface area (Å²) >= 11 is 9.57. The summed E-state index contributed by atoms with van der Waals surface area (Å²) in [6, 6.07) is 14.6. The largest absolute Gasteiger partial charge is 0.305 e. The van der Waals surface area contributed by atoms with Gasteiger partial charge in [-0.25, -0.2) is 9.36 Å². The van der Waals surface area contributed by atoms with E-state index in [0.717, 1.165) is 10.2 Å². The zero-order valence-corrected chi connectivity index (χ0v) is 19.4. The summed E-state index contributed by atoms with van der Waals surface area (Å²) in [7, 11) is 0. The summed E-state index contributed by atoms with van der Waals surface area (Å²) in [4.78, 5) is 12.9. The van der Waals surface area contributed by atoms with Crippen molar-refractivity contribution in [3.05, 3.63) is 81.7 Å². The average Bonchev–Trinajstić information content (AvgIpc) is 3.56. The molecule has 164 valence electrons. The van der Waals surface area contributed by atoms with E-state index in [2.05, 4.69) is 52.1 Å². The second kappa shape index (κ2) is 8.60. The molecule has 0 saturated carbocycles. The van der Waals surface area contributed by atoms with Gasteiger partial charge in [0.05, 0.1) is 34.4 Å². The molecule has 2 N–H and O–H groups in total. The van der Waals surface area contributed by atoms with Crippen LogP contribution in [-0.4, -0.2) is 46.1 Å². The first kappa shape index (κ1) is 21.0. The molecule has 12 heteroatoms. The second-order valence-electron chi connectivity index (χ2n) is 7.03. The van der Waals surface area contributed by atoms with Gasteiger partial charge in [0, 0.05) is 21.8 Å². The van der Waals surface area contributed by atoms with Gasteiger partial charge in [0.15, 0.2) is 5.82 Å². The monoisotopic (exact) mass is 523 g/mol. The molecule has 0 aliphatic rings. The van der Waals surface area contributed by atoms with Gasteiger partial charge in [-0.15, -0.1) is 10.2 Å². The van der Waals surface area contributed by atoms with Crippen molar-refractivity contribution in [3.63, 3.8) is 0 Å². The van der Waals surface area contributed by atoms with Crippen molar-refractivity contribution < 1.29 is 4.79 Å². The summed E-state index contributed by atoms with van der Waals surface area (Å²) in [5, 5.41) is 26.3. The van der Waals surface area contributed by atoms with Crippen molar-refractivity contribution in [3.8, 4) is 22.8 Å². The van der Waals surface area contributed by atoms with E-state index in [4.69, 9.17) is 11.6 Å². The molecule has 0 spiro atoms. The second-order valence-corrected chi connectivity index (χ2v) is 8.38. The molecule has 5 aromatic rings. The maximum absolute atomic E-state index is 12.9. The van der Waals surface area contributed by atoms with Crippen molar-refractivity contribution in [2.24, 2.45) is 0 Å². The topological polar surface area (TPSA) is 119 Å². The predicted octanol–water partition coefficient (Wildman–Crippen LogP) is 4.21. The minimum atomic E-state index is -0.310. The van der Waals surface area contributed by atoms with Gasteiger partial charge in [0.2, 0.25) is 5.82 Å². The third-order valence-corrected chi connectivity index (χ3v) is 5.71. The average molecular weight is 525 g/mol. The number of halogens is 2. The van der Waals surface area contributed by atoms with E-state index in [1.165, 1.54) is 6.20 Å². The Bertz CT molecular complexity index is 1440. The molecule has 0 radical (unpaired) electrons. The molecular weight excluding hydrogens is 510 g/mol. The SMILES string of the molecule is Cc1c(C(=O)Nc2ccn(-c3ccc(Cl)cc3-c3nn[nH]n3)n2)cnn1-c1ccc(Br)cc1. The molecule has 0 fully saturated rings. The highest BCUT2D eigenvalue weighted by Crippen LogP contribution is 2.27. The summed E-state index contributed by atoms with van der Waals surface area (Å²) in [6.07, 6.45) is 3.26. The maximum Gasteiger partial charge on any atom is 0.260 e. The van der Waals surface area contributed by atoms with Crippen LogP contribution in [0.1, 0.15) is 16.1 Å². The van der Waals surface area contributed by atoms with Crippen LogP contribution in [0.15, 0.2) is 65.4 Å². The van der Waals surface area contributed by atoms with Gasteiger partial charge >= 0.3 is 0 Å². The minimum Gasteiger partial charge on any atom is -0.305 e. The lowest BCUT2D eigenvalue weighted by Gasteiger charge is -2.07. The number of nitrogens with one attached hydrogen (secondary N) is 2. The number of aromatic nitrogens is 8. The highest BCUT2D eigenvalue weighted by Gasteiger charge is 2.18. The number of carbonyl (C=O) groups excluding carboxylic acids is 1. The van der Waals surface area contributed by atoms with Crippen LogP contribution in [0.4, 0.5) is 5.82 Å². The van der Waals surface area contributed by atoms with Crippen molar-refractivity contribution in [2.75, 3.05) is 5.32 Å². The van der Waals surface area contributed by atoms with E-state index >= 15 is 0 Å². The van der Waals surface area contributed by atoms with Crippen LogP contribution in [0.25, 0.3) is 22.8 Å². The lowest BCUT2D eigenvalue weighted by Crippen LogP contribution is -2.14. The molecule has 3 heterocycles. The van der Waals surface area contributed by atoms with E-state index in [-0.39, 0.29) is 5.91 Å². The first-order valence-corrected chi connectivity index (χ1v) is 10.9. The third-order valence-electron chi connectivity index (χ3n) is 4.95. The van der Waals surface area contributed by atoms with Crippen LogP contribution >= 0.6 is 27.5 Å². The van der Waals surface area contributed by atoms with Crippen molar-refractivity contribution in [1.82, 2.24) is 40.2 Å². The Morgan fingerprint density at radius 2 is 1.97 bits per heavy atom. The fourth-order valence-corrected chi connectivity index (χ4v) is 3.78. The van der Waals surface area contributed by atoms with Crippen molar-refractivity contribution >= 4 is 39.3 Å². The molecular formula is C21H15BrClN9O. The van der Waals surface area contributed by atoms with Gasteiger partial charge in [-0.2, -0.15) is 15.4 Å². The molecule has 0 unspecified atom stereocenters. The molecule has 0 saturated heterocycles. The number of aromatic amines is 1. The molecule has 10 nitrogen and oxygen atoms in total. The van der Waals surface area contributed by atoms with Crippen LogP contribution < -0.4 is 5.32 Å². The molecule has 2 aromatic carbocycles. The Morgan fingerprint density at radius 1 is 1.15 bits per heavy atom. The van der Waals surface area contributed by atoms with Crippen LogP contribution in [0, 0.1) is 6.92 Å². The molecule has 33 heavy (non-hydrogen) atoms. The number of tetrazole rings is 1. The van der Waals surface area contributed by atoms with Gasteiger partial charge in [-0.3, -0.25) is 4.79 Å². The molecule has 5 rings (SSSR count). The highest BCUT2D eigenvalue weighted by atomic mass is 79.9. The standard InChI is InChI=1S/C21H15BrClN9O/c1-12-17(11-24-32(12)15-5-2-13(22)3-6-15)21(33)25-19-8-9-31(28-19)18-7-4-14(23)10-16(18)20-26-29-30-27-20/h2-11H,1H3,(H,25,28,33)(H,26,27,29,30). The number of amides is 1. The van der Waals surface area contributed by atoms with Crippen LogP contribution in [0.5, 0.6) is 0 Å². The summed E-state index contributed by atoms with van der Waals surface area (Å²) in [6.45, 7) is 1.84. The van der Waals surface area contributed by atoms with Crippen molar-refractivity contribution in [1.29, 1.82) is 0 Å². The number of hydrogen-bond acceptors (Lipinski definition) is 6. The highest BCUT2D eigenvalue weighted by molar-refractivity contribution is 9.10. The number of H-pyrrole nitrogens is 1. The van der Waals surface area contributed by atoms with Gasteiger partial charge < -0.3 is 5.32 Å². The quantitative estimate of drug-likeness (QED) is 0.355. The predicted molar refractivity (Wildman–Crippen MR) is 126 cm³/mol. The first-order chi connectivity index (χ1) is 16.0. The molecule has 0 atom stereocenters.